The zero-order valence-electron chi connectivity index (χ0n) is 15.9. The molecular formula is C21H18N4O4. The highest BCUT2D eigenvalue weighted by Crippen LogP contribution is 2.33. The predicted molar refractivity (Wildman–Crippen MR) is 105 cm³/mol. The number of hydrogen-bond donors (Lipinski definition) is 1. The molecule has 8 nitrogen and oxygen atoms in total. The number of benzene rings is 2. The summed E-state index contributed by atoms with van der Waals surface area (Å²) < 4.78 is 18.0. The lowest BCUT2D eigenvalue weighted by Gasteiger charge is -2.08. The summed E-state index contributed by atoms with van der Waals surface area (Å²) in [6, 6.07) is 12.6. The van der Waals surface area contributed by atoms with Gasteiger partial charge in [-0.15, -0.1) is 0 Å². The Bertz CT molecular complexity index is 1210. The number of hydrogen-bond acceptors (Lipinski definition) is 6. The number of carbonyl (C=O) groups is 1. The number of esters is 1. The predicted octanol–water partition coefficient (Wildman–Crippen LogP) is 3.57. The lowest BCUT2D eigenvalue weighted by atomic mass is 10.2. The molecule has 29 heavy (non-hydrogen) atoms. The van der Waals surface area contributed by atoms with E-state index in [1.807, 2.05) is 38.1 Å². The number of nitrogens with one attached hydrogen (secondary N) is 1. The first-order valence-electron chi connectivity index (χ1n) is 9.29. The van der Waals surface area contributed by atoms with Crippen LogP contribution >= 0.6 is 0 Å². The summed E-state index contributed by atoms with van der Waals surface area (Å²) >= 11 is 0. The number of aryl methyl sites for hydroxylation is 1. The Balaban J connectivity index is 1.54. The lowest BCUT2D eigenvalue weighted by molar-refractivity contribution is 0.0720. The van der Waals surface area contributed by atoms with Gasteiger partial charge in [-0.05, 0) is 43.7 Å². The minimum atomic E-state index is -0.504. The molecular weight excluding hydrogens is 372 g/mol. The monoisotopic (exact) mass is 390 g/mol. The molecule has 0 aliphatic carbocycles. The van der Waals surface area contributed by atoms with E-state index >= 15 is 0 Å². The number of carbonyl (C=O) groups excluding carboxylic acids is 1. The molecule has 1 N–H and O–H groups in total. The fraction of sp³-hybridized carbons (Fsp3) is 0.190. The molecule has 2 aromatic heterocycles. The first-order valence-corrected chi connectivity index (χ1v) is 9.29. The van der Waals surface area contributed by atoms with Gasteiger partial charge in [-0.25, -0.2) is 9.78 Å². The SMILES string of the molecule is CCc1c(C)nn(-c2nc3ccccc3[nH]2)c1OC(=O)c1ccc2c(c1)OCO2. The zero-order valence-corrected chi connectivity index (χ0v) is 15.9. The van der Waals surface area contributed by atoms with Gasteiger partial charge in [0.25, 0.3) is 0 Å². The number of rotatable bonds is 4. The number of ether oxygens (including phenoxy) is 3. The molecule has 0 spiro atoms. The van der Waals surface area contributed by atoms with Crippen molar-refractivity contribution in [3.63, 3.8) is 0 Å². The minimum Gasteiger partial charge on any atom is -0.454 e. The quantitative estimate of drug-likeness (QED) is 0.536. The molecule has 0 fully saturated rings. The van der Waals surface area contributed by atoms with Crippen LogP contribution in [-0.4, -0.2) is 32.5 Å². The zero-order chi connectivity index (χ0) is 20.0. The minimum absolute atomic E-state index is 0.145. The molecule has 3 heterocycles. The first-order chi connectivity index (χ1) is 14.1. The molecule has 0 saturated carbocycles. The van der Waals surface area contributed by atoms with Crippen molar-refractivity contribution in [1.82, 2.24) is 19.7 Å². The van der Waals surface area contributed by atoms with Crippen molar-refractivity contribution >= 4 is 17.0 Å². The van der Waals surface area contributed by atoms with Gasteiger partial charge in [0.2, 0.25) is 18.6 Å². The third-order valence-electron chi connectivity index (χ3n) is 4.87. The van der Waals surface area contributed by atoms with Gasteiger partial charge in [-0.2, -0.15) is 9.78 Å². The van der Waals surface area contributed by atoms with Crippen LogP contribution in [0.2, 0.25) is 0 Å². The number of aromatic nitrogens is 4. The van der Waals surface area contributed by atoms with Crippen molar-refractivity contribution in [3.8, 4) is 23.3 Å². The Morgan fingerprint density at radius 2 is 2.03 bits per heavy atom. The van der Waals surface area contributed by atoms with Gasteiger partial charge in [-0.3, -0.25) is 0 Å². The van der Waals surface area contributed by atoms with Crippen LogP contribution in [0, 0.1) is 6.92 Å². The molecule has 4 aromatic rings. The summed E-state index contributed by atoms with van der Waals surface area (Å²) in [5, 5.41) is 4.55. The molecule has 8 heteroatoms. The molecule has 0 amide bonds. The summed E-state index contributed by atoms with van der Waals surface area (Å²) in [5.41, 5.74) is 3.68. The second kappa shape index (κ2) is 6.66. The largest absolute Gasteiger partial charge is 0.454 e. The van der Waals surface area contributed by atoms with Crippen molar-refractivity contribution in [2.24, 2.45) is 0 Å². The first kappa shape index (κ1) is 17.3. The van der Waals surface area contributed by atoms with Crippen molar-refractivity contribution in [3.05, 3.63) is 59.3 Å². The highest BCUT2D eigenvalue weighted by Gasteiger charge is 2.23. The standard InChI is InChI=1S/C21H18N4O4/c1-3-14-12(2)24-25(21-22-15-6-4-5-7-16(15)23-21)19(14)29-20(26)13-8-9-17-18(10-13)28-11-27-17/h4-10H,3,11H2,1-2H3,(H,22,23). The van der Waals surface area contributed by atoms with Crippen molar-refractivity contribution in [2.75, 3.05) is 6.79 Å². The van der Waals surface area contributed by atoms with E-state index < -0.39 is 5.97 Å². The number of fused-ring (bicyclic) bond motifs is 2. The maximum absolute atomic E-state index is 12.9. The third-order valence-corrected chi connectivity index (χ3v) is 4.87. The average molecular weight is 390 g/mol. The number of H-pyrrole nitrogens is 1. The summed E-state index contributed by atoms with van der Waals surface area (Å²) in [6.07, 6.45) is 0.663. The molecule has 146 valence electrons. The maximum Gasteiger partial charge on any atom is 0.345 e. The highest BCUT2D eigenvalue weighted by atomic mass is 16.7. The molecule has 1 aliphatic rings. The molecule has 0 saturated heterocycles. The molecule has 0 radical (unpaired) electrons. The van der Waals surface area contributed by atoms with Crippen LogP contribution in [0.25, 0.3) is 17.0 Å². The van der Waals surface area contributed by atoms with Gasteiger partial charge < -0.3 is 19.2 Å². The Hall–Kier alpha value is -3.81. The average Bonchev–Trinajstić information content (AvgIpc) is 3.43. The summed E-state index contributed by atoms with van der Waals surface area (Å²) in [7, 11) is 0. The van der Waals surface area contributed by atoms with Gasteiger partial charge in [0.1, 0.15) is 0 Å². The Labute approximate surface area is 166 Å². The Morgan fingerprint density at radius 3 is 2.86 bits per heavy atom. The molecule has 0 bridgehead atoms. The highest BCUT2D eigenvalue weighted by molar-refractivity contribution is 5.92. The van der Waals surface area contributed by atoms with Crippen LogP contribution in [0.1, 0.15) is 28.5 Å². The van der Waals surface area contributed by atoms with Crippen LogP contribution in [0.15, 0.2) is 42.5 Å². The number of imidazole rings is 1. The van der Waals surface area contributed by atoms with Gasteiger partial charge in [0, 0.05) is 5.56 Å². The maximum atomic E-state index is 12.9. The second-order valence-corrected chi connectivity index (χ2v) is 6.67. The molecule has 5 rings (SSSR count). The van der Waals surface area contributed by atoms with Gasteiger partial charge in [0.05, 0.1) is 22.3 Å². The summed E-state index contributed by atoms with van der Waals surface area (Å²) in [4.78, 5) is 20.7. The fourth-order valence-corrected chi connectivity index (χ4v) is 3.40. The topological polar surface area (TPSA) is 91.3 Å². The Kier molecular flexibility index (Phi) is 3.97. The van der Waals surface area contributed by atoms with Crippen LogP contribution in [0.4, 0.5) is 0 Å². The van der Waals surface area contributed by atoms with Gasteiger partial charge in [-0.1, -0.05) is 19.1 Å². The van der Waals surface area contributed by atoms with Crippen molar-refractivity contribution < 1.29 is 19.0 Å². The molecule has 0 unspecified atom stereocenters. The van der Waals surface area contributed by atoms with E-state index in [1.54, 1.807) is 22.9 Å². The molecule has 2 aromatic carbocycles. The molecule has 1 aliphatic heterocycles. The van der Waals surface area contributed by atoms with Crippen LogP contribution in [0.3, 0.4) is 0 Å². The van der Waals surface area contributed by atoms with E-state index in [9.17, 15) is 4.79 Å². The van der Waals surface area contributed by atoms with Crippen LogP contribution < -0.4 is 14.2 Å². The second-order valence-electron chi connectivity index (χ2n) is 6.67. The normalized spacial score (nSPS) is 12.5. The van der Waals surface area contributed by atoms with Crippen LogP contribution in [-0.2, 0) is 6.42 Å². The summed E-state index contributed by atoms with van der Waals surface area (Å²) in [5.74, 6) is 1.47. The van der Waals surface area contributed by atoms with Crippen molar-refractivity contribution in [1.29, 1.82) is 0 Å². The van der Waals surface area contributed by atoms with E-state index in [4.69, 9.17) is 14.2 Å². The Morgan fingerprint density at radius 1 is 1.21 bits per heavy atom. The van der Waals surface area contributed by atoms with Gasteiger partial charge in [0.15, 0.2) is 11.5 Å². The van der Waals surface area contributed by atoms with E-state index in [-0.39, 0.29) is 6.79 Å². The van der Waals surface area contributed by atoms with E-state index in [2.05, 4.69) is 15.1 Å². The van der Waals surface area contributed by atoms with E-state index in [0.717, 1.165) is 22.3 Å². The van der Waals surface area contributed by atoms with E-state index in [1.165, 1.54) is 0 Å². The van der Waals surface area contributed by atoms with Gasteiger partial charge >= 0.3 is 5.97 Å². The fourth-order valence-electron chi connectivity index (χ4n) is 3.40. The summed E-state index contributed by atoms with van der Waals surface area (Å²) in [6.45, 7) is 4.02. The van der Waals surface area contributed by atoms with E-state index in [0.29, 0.717) is 35.3 Å². The smallest absolute Gasteiger partial charge is 0.345 e. The number of aromatic amines is 1. The molecule has 0 atom stereocenters. The van der Waals surface area contributed by atoms with Crippen molar-refractivity contribution in [2.45, 2.75) is 20.3 Å². The van der Waals surface area contributed by atoms with Crippen LogP contribution in [0.5, 0.6) is 17.4 Å². The lowest BCUT2D eigenvalue weighted by Crippen LogP contribution is -2.13. The number of nitrogens with zero attached hydrogens (tertiary/aromatic N) is 3. The third kappa shape index (κ3) is 2.89. The number of para-hydroxylation sites is 2.